The zero-order valence-electron chi connectivity index (χ0n) is 14.3. The number of nitrogens with one attached hydrogen (secondary N) is 1. The van der Waals surface area contributed by atoms with Crippen molar-refractivity contribution >= 4 is 0 Å². The lowest BCUT2D eigenvalue weighted by Gasteiger charge is -2.15. The van der Waals surface area contributed by atoms with Crippen molar-refractivity contribution in [1.82, 2.24) is 0 Å². The molecule has 0 saturated heterocycles. The molecule has 0 atom stereocenters. The smallest absolute Gasteiger partial charge is 0.0957 e. The first-order valence-electron chi connectivity index (χ1n) is 8.90. The van der Waals surface area contributed by atoms with Gasteiger partial charge in [0.05, 0.1) is 19.6 Å². The maximum atomic E-state index is 3.83. The highest BCUT2D eigenvalue weighted by Gasteiger charge is 2.02. The number of hydrogen-bond donors (Lipinski definition) is 1. The molecule has 0 radical (unpaired) electrons. The van der Waals surface area contributed by atoms with Crippen LogP contribution in [0.2, 0.25) is 0 Å². The molecule has 21 heavy (non-hydrogen) atoms. The summed E-state index contributed by atoms with van der Waals surface area (Å²) in [5.74, 6) is 0. The average molecular weight is 316 g/mol. The summed E-state index contributed by atoms with van der Waals surface area (Å²) >= 11 is 0. The van der Waals surface area contributed by atoms with E-state index >= 15 is 0 Å². The van der Waals surface area contributed by atoms with Gasteiger partial charge >= 0.3 is 0 Å². The monoisotopic (exact) mass is 315 g/mol. The van der Waals surface area contributed by atoms with Crippen LogP contribution in [0.3, 0.4) is 0 Å². The number of quaternary nitrogens is 1. The zero-order chi connectivity index (χ0) is 14.9. The first-order chi connectivity index (χ1) is 9.85. The Labute approximate surface area is 140 Å². The van der Waals surface area contributed by atoms with Gasteiger partial charge in [-0.1, -0.05) is 77.9 Å². The van der Waals surface area contributed by atoms with Gasteiger partial charge in [-0.3, -0.25) is 0 Å². The summed E-state index contributed by atoms with van der Waals surface area (Å²) in [6.07, 6.45) is 19.7. The van der Waals surface area contributed by atoms with Gasteiger partial charge in [0.25, 0.3) is 0 Å². The standard InChI is InChI=1S/C19H37N.ClH/c1-4-7-8-9-10-11-12-13-14-15-16-19-20(17-5-2)18-6-3;/h5-6H,2-4,7-19H2,1H3;1H. The number of unbranched alkanes of at least 4 members (excludes halogenated alkanes) is 10. The molecule has 0 aliphatic heterocycles. The Bertz CT molecular complexity index is 206. The van der Waals surface area contributed by atoms with Crippen molar-refractivity contribution in [2.45, 2.75) is 77.6 Å². The fourth-order valence-corrected chi connectivity index (χ4v) is 2.73. The number of rotatable bonds is 16. The minimum atomic E-state index is 0. The Balaban J connectivity index is 0. The van der Waals surface area contributed by atoms with Crippen LogP contribution in [0, 0.1) is 0 Å². The molecule has 1 nitrogen and oxygen atoms in total. The Morgan fingerprint density at radius 1 is 0.667 bits per heavy atom. The summed E-state index contributed by atoms with van der Waals surface area (Å²) in [4.78, 5) is 1.60. The maximum Gasteiger partial charge on any atom is 0.0957 e. The van der Waals surface area contributed by atoms with Gasteiger partial charge in [0.1, 0.15) is 0 Å². The molecule has 0 saturated carbocycles. The summed E-state index contributed by atoms with van der Waals surface area (Å²) in [5.41, 5.74) is 0. The third-order valence-corrected chi connectivity index (χ3v) is 4.00. The van der Waals surface area contributed by atoms with Gasteiger partial charge in [-0.25, -0.2) is 0 Å². The van der Waals surface area contributed by atoms with Crippen molar-refractivity contribution in [2.24, 2.45) is 0 Å². The molecule has 0 spiro atoms. The van der Waals surface area contributed by atoms with Crippen molar-refractivity contribution in [3.05, 3.63) is 25.3 Å². The first-order valence-corrected chi connectivity index (χ1v) is 8.90. The fraction of sp³-hybridized carbons (Fsp3) is 0.789. The second-order valence-electron chi connectivity index (χ2n) is 6.02. The molecule has 0 rings (SSSR count). The maximum absolute atomic E-state index is 3.83. The molecule has 0 amide bonds. The van der Waals surface area contributed by atoms with Gasteiger partial charge in [0.15, 0.2) is 0 Å². The van der Waals surface area contributed by atoms with E-state index in [4.69, 9.17) is 0 Å². The highest BCUT2D eigenvalue weighted by atomic mass is 35.5. The Morgan fingerprint density at radius 3 is 1.43 bits per heavy atom. The van der Waals surface area contributed by atoms with E-state index in [2.05, 4.69) is 20.1 Å². The van der Waals surface area contributed by atoms with Crippen LogP contribution in [-0.2, 0) is 0 Å². The molecule has 0 aromatic rings. The van der Waals surface area contributed by atoms with Gasteiger partial charge in [0, 0.05) is 0 Å². The van der Waals surface area contributed by atoms with Crippen LogP contribution in [0.15, 0.2) is 25.3 Å². The highest BCUT2D eigenvalue weighted by molar-refractivity contribution is 4.67. The van der Waals surface area contributed by atoms with Crippen LogP contribution in [-0.4, -0.2) is 19.6 Å². The van der Waals surface area contributed by atoms with E-state index in [1.807, 2.05) is 12.2 Å². The Hall–Kier alpha value is -0.270. The molecule has 1 N–H and O–H groups in total. The molecule has 0 aliphatic carbocycles. The van der Waals surface area contributed by atoms with E-state index in [1.54, 1.807) is 4.90 Å². The average Bonchev–Trinajstić information content (AvgIpc) is 2.45. The molecule has 0 heterocycles. The quantitative estimate of drug-likeness (QED) is 0.326. The molecular formula is C19H38ClN. The van der Waals surface area contributed by atoms with Crippen LogP contribution < -0.4 is 17.3 Å². The van der Waals surface area contributed by atoms with Crippen molar-refractivity contribution in [3.8, 4) is 0 Å². The lowest BCUT2D eigenvalue weighted by Crippen LogP contribution is -3.11. The molecule has 0 unspecified atom stereocenters. The Kier molecular flexibility index (Phi) is 21.6. The van der Waals surface area contributed by atoms with Crippen molar-refractivity contribution in [1.29, 1.82) is 0 Å². The summed E-state index contributed by atoms with van der Waals surface area (Å²) in [7, 11) is 0. The van der Waals surface area contributed by atoms with E-state index in [0.29, 0.717) is 0 Å². The van der Waals surface area contributed by atoms with Gasteiger partial charge in [-0.05, 0) is 25.0 Å². The Morgan fingerprint density at radius 2 is 1.05 bits per heavy atom. The SMILES string of the molecule is C=CC[NH+](CC=C)CCCCCCCCCCCCC.[Cl-]. The third kappa shape index (κ3) is 17.7. The minimum absolute atomic E-state index is 0. The van der Waals surface area contributed by atoms with Crippen molar-refractivity contribution < 1.29 is 17.3 Å². The van der Waals surface area contributed by atoms with E-state index in [9.17, 15) is 0 Å². The van der Waals surface area contributed by atoms with E-state index in [0.717, 1.165) is 13.1 Å². The summed E-state index contributed by atoms with van der Waals surface area (Å²) < 4.78 is 0. The molecule has 2 heteroatoms. The molecule has 0 aliphatic rings. The van der Waals surface area contributed by atoms with Crippen LogP contribution in [0.4, 0.5) is 0 Å². The van der Waals surface area contributed by atoms with Crippen LogP contribution >= 0.6 is 0 Å². The lowest BCUT2D eigenvalue weighted by atomic mass is 10.1. The minimum Gasteiger partial charge on any atom is -1.00 e. The highest BCUT2D eigenvalue weighted by Crippen LogP contribution is 2.10. The van der Waals surface area contributed by atoms with Gasteiger partial charge in [-0.2, -0.15) is 0 Å². The van der Waals surface area contributed by atoms with E-state index in [-0.39, 0.29) is 12.4 Å². The molecule has 0 aromatic heterocycles. The third-order valence-electron chi connectivity index (χ3n) is 4.00. The zero-order valence-corrected chi connectivity index (χ0v) is 15.1. The van der Waals surface area contributed by atoms with Crippen LogP contribution in [0.25, 0.3) is 0 Å². The van der Waals surface area contributed by atoms with Gasteiger partial charge < -0.3 is 17.3 Å². The number of halogens is 1. The predicted octanol–water partition coefficient (Wildman–Crippen LogP) is 1.56. The molecule has 0 bridgehead atoms. The second kappa shape index (κ2) is 19.7. The van der Waals surface area contributed by atoms with Crippen LogP contribution in [0.5, 0.6) is 0 Å². The van der Waals surface area contributed by atoms with Crippen LogP contribution in [0.1, 0.15) is 77.6 Å². The van der Waals surface area contributed by atoms with E-state index < -0.39 is 0 Å². The normalized spacial score (nSPS) is 10.4. The lowest BCUT2D eigenvalue weighted by molar-refractivity contribution is -0.888. The topological polar surface area (TPSA) is 4.44 Å². The summed E-state index contributed by atoms with van der Waals surface area (Å²) in [6.45, 7) is 13.4. The van der Waals surface area contributed by atoms with Crippen molar-refractivity contribution in [2.75, 3.05) is 19.6 Å². The largest absolute Gasteiger partial charge is 1.00 e. The van der Waals surface area contributed by atoms with Gasteiger partial charge in [-0.15, -0.1) is 0 Å². The van der Waals surface area contributed by atoms with E-state index in [1.165, 1.54) is 77.2 Å². The molecular weight excluding hydrogens is 278 g/mol. The summed E-state index contributed by atoms with van der Waals surface area (Å²) in [5, 5.41) is 0. The second-order valence-corrected chi connectivity index (χ2v) is 6.02. The molecule has 0 aromatic carbocycles. The predicted molar refractivity (Wildman–Crippen MR) is 92.4 cm³/mol. The van der Waals surface area contributed by atoms with Crippen molar-refractivity contribution in [3.63, 3.8) is 0 Å². The molecule has 0 fully saturated rings. The summed E-state index contributed by atoms with van der Waals surface area (Å²) in [6, 6.07) is 0. The first kappa shape index (κ1) is 23.0. The fourth-order valence-electron chi connectivity index (χ4n) is 2.73. The number of hydrogen-bond acceptors (Lipinski definition) is 0. The molecule has 126 valence electrons. The van der Waals surface area contributed by atoms with Gasteiger partial charge in [0.2, 0.25) is 0 Å².